The molecule has 2 rings (SSSR count). The number of H-pyrrole nitrogens is 2. The van der Waals surface area contributed by atoms with Crippen molar-refractivity contribution < 1.29 is 9.18 Å². The summed E-state index contributed by atoms with van der Waals surface area (Å²) in [6, 6.07) is 7.45. The lowest BCUT2D eigenvalue weighted by molar-refractivity contribution is -0.121. The largest absolute Gasteiger partial charge is 0.350 e. The Labute approximate surface area is 108 Å². The van der Waals surface area contributed by atoms with Crippen LogP contribution in [0.3, 0.4) is 0 Å². The van der Waals surface area contributed by atoms with E-state index in [2.05, 4.69) is 15.5 Å². The van der Waals surface area contributed by atoms with Crippen molar-refractivity contribution in [1.29, 1.82) is 0 Å². The first-order valence-corrected chi connectivity index (χ1v) is 5.91. The number of halogens is 1. The first-order valence-electron chi connectivity index (χ1n) is 5.91. The summed E-state index contributed by atoms with van der Waals surface area (Å²) in [4.78, 5) is 22.4. The fraction of sp³-hybridized carbons (Fsp3) is 0.231. The van der Waals surface area contributed by atoms with Crippen LogP contribution in [0.1, 0.15) is 17.7 Å². The maximum Gasteiger partial charge on any atom is 0.264 e. The fourth-order valence-corrected chi connectivity index (χ4v) is 1.66. The number of hydrogen-bond donors (Lipinski definition) is 3. The molecule has 19 heavy (non-hydrogen) atoms. The minimum atomic E-state index is -0.287. The molecule has 0 aliphatic rings. The van der Waals surface area contributed by atoms with Crippen molar-refractivity contribution in [2.75, 3.05) is 0 Å². The number of amides is 1. The van der Waals surface area contributed by atoms with Gasteiger partial charge in [0.15, 0.2) is 0 Å². The highest BCUT2D eigenvalue weighted by molar-refractivity contribution is 5.76. The number of nitrogens with one attached hydrogen (secondary N) is 3. The number of rotatable bonds is 5. The highest BCUT2D eigenvalue weighted by Crippen LogP contribution is 2.05. The highest BCUT2D eigenvalue weighted by Gasteiger charge is 2.03. The molecule has 1 amide bonds. The van der Waals surface area contributed by atoms with Crippen LogP contribution < -0.4 is 10.9 Å². The molecular weight excluding hydrogens is 249 g/mol. The van der Waals surface area contributed by atoms with Crippen LogP contribution in [0.25, 0.3) is 0 Å². The molecule has 0 radical (unpaired) electrons. The second kappa shape index (κ2) is 5.99. The van der Waals surface area contributed by atoms with E-state index in [4.69, 9.17) is 0 Å². The van der Waals surface area contributed by atoms with Gasteiger partial charge in [-0.1, -0.05) is 12.1 Å². The number of aromatic nitrogens is 2. The molecule has 0 bridgehead atoms. The van der Waals surface area contributed by atoms with Gasteiger partial charge in [-0.15, -0.1) is 0 Å². The standard InChI is InChI=1S/C13H14FN3O2/c14-10-4-1-9(2-5-10)3-6-12(18)15-8-11-7-13(19)17-16-11/h1-2,4-5,7H,3,6,8H2,(H,15,18)(H2,16,17,19). The number of carbonyl (C=O) groups is 1. The van der Waals surface area contributed by atoms with E-state index in [9.17, 15) is 14.0 Å². The normalized spacial score (nSPS) is 10.4. The zero-order valence-electron chi connectivity index (χ0n) is 10.2. The topological polar surface area (TPSA) is 77.8 Å². The summed E-state index contributed by atoms with van der Waals surface area (Å²) < 4.78 is 12.7. The van der Waals surface area contributed by atoms with E-state index in [1.807, 2.05) is 0 Å². The van der Waals surface area contributed by atoms with Gasteiger partial charge in [-0.05, 0) is 24.1 Å². The molecule has 0 aliphatic carbocycles. The first-order chi connectivity index (χ1) is 9.13. The van der Waals surface area contributed by atoms with Crippen LogP contribution in [0.5, 0.6) is 0 Å². The van der Waals surface area contributed by atoms with E-state index < -0.39 is 0 Å². The fourth-order valence-electron chi connectivity index (χ4n) is 1.66. The van der Waals surface area contributed by atoms with Gasteiger partial charge < -0.3 is 10.4 Å². The second-order valence-corrected chi connectivity index (χ2v) is 4.19. The monoisotopic (exact) mass is 263 g/mol. The number of aryl methyl sites for hydroxylation is 1. The number of carbonyl (C=O) groups excluding carboxylic acids is 1. The van der Waals surface area contributed by atoms with Crippen LogP contribution in [0.2, 0.25) is 0 Å². The summed E-state index contributed by atoms with van der Waals surface area (Å²) in [5.41, 5.74) is 1.31. The van der Waals surface area contributed by atoms with Crippen molar-refractivity contribution in [3.8, 4) is 0 Å². The van der Waals surface area contributed by atoms with Gasteiger partial charge in [-0.3, -0.25) is 14.7 Å². The molecule has 2 aromatic rings. The lowest BCUT2D eigenvalue weighted by atomic mass is 10.1. The Morgan fingerprint density at radius 2 is 1.95 bits per heavy atom. The van der Waals surface area contributed by atoms with Gasteiger partial charge in [0, 0.05) is 12.5 Å². The molecule has 0 fully saturated rings. The molecule has 0 spiro atoms. The third kappa shape index (κ3) is 4.09. The summed E-state index contributed by atoms with van der Waals surface area (Å²) in [6.45, 7) is 0.279. The summed E-state index contributed by atoms with van der Waals surface area (Å²) in [5.74, 6) is -0.406. The maximum atomic E-state index is 12.7. The zero-order chi connectivity index (χ0) is 13.7. The van der Waals surface area contributed by atoms with Crippen LogP contribution in [-0.4, -0.2) is 16.1 Å². The zero-order valence-corrected chi connectivity index (χ0v) is 10.2. The van der Waals surface area contributed by atoms with E-state index in [0.717, 1.165) is 5.56 Å². The lowest BCUT2D eigenvalue weighted by Gasteiger charge is -2.04. The van der Waals surface area contributed by atoms with Gasteiger partial charge in [0.25, 0.3) is 5.56 Å². The van der Waals surface area contributed by atoms with Gasteiger partial charge >= 0.3 is 0 Å². The van der Waals surface area contributed by atoms with Gasteiger partial charge in [0.1, 0.15) is 5.82 Å². The molecule has 0 saturated carbocycles. The lowest BCUT2D eigenvalue weighted by Crippen LogP contribution is -2.23. The molecule has 1 aromatic carbocycles. The number of aromatic amines is 2. The minimum Gasteiger partial charge on any atom is -0.350 e. The Morgan fingerprint density at radius 3 is 2.58 bits per heavy atom. The Balaban J connectivity index is 1.75. The predicted octanol–water partition coefficient (Wildman–Crippen LogP) is 1.09. The third-order valence-corrected chi connectivity index (χ3v) is 2.68. The first kappa shape index (κ1) is 13.1. The molecule has 1 heterocycles. The Kier molecular flexibility index (Phi) is 4.12. The molecule has 100 valence electrons. The van der Waals surface area contributed by atoms with Crippen molar-refractivity contribution in [2.24, 2.45) is 0 Å². The Bertz CT molecular complexity index is 601. The molecule has 1 aromatic heterocycles. The Hall–Kier alpha value is -2.37. The minimum absolute atomic E-state index is 0.119. The van der Waals surface area contributed by atoms with E-state index >= 15 is 0 Å². The van der Waals surface area contributed by atoms with Crippen molar-refractivity contribution in [3.05, 3.63) is 57.8 Å². The van der Waals surface area contributed by atoms with Crippen LogP contribution >= 0.6 is 0 Å². The van der Waals surface area contributed by atoms with E-state index in [-0.39, 0.29) is 23.8 Å². The van der Waals surface area contributed by atoms with Crippen molar-refractivity contribution in [3.63, 3.8) is 0 Å². The molecule has 0 saturated heterocycles. The van der Waals surface area contributed by atoms with Crippen LogP contribution in [0.15, 0.2) is 35.1 Å². The average molecular weight is 263 g/mol. The SMILES string of the molecule is O=C(CCc1ccc(F)cc1)NCc1cc(=O)[nH][nH]1. The smallest absolute Gasteiger partial charge is 0.264 e. The van der Waals surface area contributed by atoms with Gasteiger partial charge in [0.2, 0.25) is 5.91 Å². The second-order valence-electron chi connectivity index (χ2n) is 4.19. The number of benzene rings is 1. The van der Waals surface area contributed by atoms with E-state index in [1.165, 1.54) is 18.2 Å². The molecular formula is C13H14FN3O2. The molecule has 6 heteroatoms. The summed E-state index contributed by atoms with van der Waals surface area (Å²) in [5, 5.41) is 7.73. The van der Waals surface area contributed by atoms with Gasteiger partial charge in [-0.2, -0.15) is 0 Å². The maximum absolute atomic E-state index is 12.7. The van der Waals surface area contributed by atoms with Crippen LogP contribution in [-0.2, 0) is 17.8 Å². The quantitative estimate of drug-likeness (QED) is 0.755. The number of hydrogen-bond acceptors (Lipinski definition) is 2. The highest BCUT2D eigenvalue weighted by atomic mass is 19.1. The van der Waals surface area contributed by atoms with Crippen molar-refractivity contribution >= 4 is 5.91 Å². The third-order valence-electron chi connectivity index (χ3n) is 2.68. The van der Waals surface area contributed by atoms with E-state index in [1.54, 1.807) is 12.1 Å². The van der Waals surface area contributed by atoms with Crippen LogP contribution in [0, 0.1) is 5.82 Å². The average Bonchev–Trinajstić information content (AvgIpc) is 2.81. The molecule has 5 nitrogen and oxygen atoms in total. The van der Waals surface area contributed by atoms with Crippen molar-refractivity contribution in [2.45, 2.75) is 19.4 Å². The predicted molar refractivity (Wildman–Crippen MR) is 68.0 cm³/mol. The molecule has 0 unspecified atom stereocenters. The van der Waals surface area contributed by atoms with Gasteiger partial charge in [-0.25, -0.2) is 4.39 Å². The Morgan fingerprint density at radius 1 is 1.21 bits per heavy atom. The summed E-state index contributed by atoms with van der Waals surface area (Å²) >= 11 is 0. The molecule has 3 N–H and O–H groups in total. The summed E-state index contributed by atoms with van der Waals surface area (Å²) in [7, 11) is 0. The molecule has 0 atom stereocenters. The molecule has 0 aliphatic heterocycles. The van der Waals surface area contributed by atoms with Crippen molar-refractivity contribution in [1.82, 2.24) is 15.5 Å². The van der Waals surface area contributed by atoms with E-state index in [0.29, 0.717) is 18.5 Å². The van der Waals surface area contributed by atoms with Crippen LogP contribution in [0.4, 0.5) is 4.39 Å². The van der Waals surface area contributed by atoms with Gasteiger partial charge in [0.05, 0.1) is 12.2 Å². The summed E-state index contributed by atoms with van der Waals surface area (Å²) in [6.07, 6.45) is 0.871.